The van der Waals surface area contributed by atoms with Crippen LogP contribution in [0.4, 0.5) is 5.82 Å². The molecule has 1 unspecified atom stereocenters. The first-order valence-corrected chi connectivity index (χ1v) is 7.78. The van der Waals surface area contributed by atoms with E-state index in [0.29, 0.717) is 0 Å². The largest absolute Gasteiger partial charge is 0.356 e. The Kier molecular flexibility index (Phi) is 3.59. The summed E-state index contributed by atoms with van der Waals surface area (Å²) in [5.74, 6) is 0.953. The van der Waals surface area contributed by atoms with Crippen LogP contribution < -0.4 is 4.90 Å². The van der Waals surface area contributed by atoms with Crippen LogP contribution in [0, 0.1) is 6.92 Å². The molecule has 0 spiro atoms. The number of hydrogen-bond donors (Lipinski definition) is 0. The molecular formula is C12H18N2O3S. The van der Waals surface area contributed by atoms with Crippen molar-refractivity contribution >= 4 is 15.9 Å². The Morgan fingerprint density at radius 3 is 2.56 bits per heavy atom. The maximum atomic E-state index is 11.1. The zero-order valence-corrected chi connectivity index (χ0v) is 11.7. The van der Waals surface area contributed by atoms with Crippen LogP contribution in [0.1, 0.15) is 30.6 Å². The monoisotopic (exact) mass is 270 g/mol. The normalized spacial score (nSPS) is 17.4. The SMILES string of the molecule is Cc1cc(N2CCC2)ncc1C(C)OS(C)(=O)=O. The molecule has 1 aromatic heterocycles. The summed E-state index contributed by atoms with van der Waals surface area (Å²) in [6.07, 6.45) is 3.47. The fourth-order valence-corrected chi connectivity index (χ4v) is 2.64. The topological polar surface area (TPSA) is 59.5 Å². The fourth-order valence-electron chi connectivity index (χ4n) is 2.01. The fraction of sp³-hybridized carbons (Fsp3) is 0.583. The molecule has 0 aromatic carbocycles. The third-order valence-corrected chi connectivity index (χ3v) is 3.71. The van der Waals surface area contributed by atoms with Gasteiger partial charge in [0, 0.05) is 24.8 Å². The van der Waals surface area contributed by atoms with Gasteiger partial charge in [-0.3, -0.25) is 4.18 Å². The van der Waals surface area contributed by atoms with Crippen molar-refractivity contribution in [2.75, 3.05) is 24.2 Å². The summed E-state index contributed by atoms with van der Waals surface area (Å²) in [5.41, 5.74) is 1.81. The van der Waals surface area contributed by atoms with Crippen molar-refractivity contribution in [1.82, 2.24) is 4.98 Å². The van der Waals surface area contributed by atoms with Gasteiger partial charge in [0.05, 0.1) is 6.26 Å². The molecule has 2 rings (SSSR count). The number of rotatable bonds is 4. The summed E-state index contributed by atoms with van der Waals surface area (Å²) in [4.78, 5) is 6.56. The molecule has 1 aliphatic rings. The zero-order valence-electron chi connectivity index (χ0n) is 10.9. The van der Waals surface area contributed by atoms with Gasteiger partial charge in [-0.1, -0.05) is 0 Å². The van der Waals surface area contributed by atoms with E-state index in [9.17, 15) is 8.42 Å². The summed E-state index contributed by atoms with van der Waals surface area (Å²) in [7, 11) is -3.45. The Bertz CT molecular complexity index is 538. The lowest BCUT2D eigenvalue weighted by molar-refractivity contribution is 0.235. The minimum Gasteiger partial charge on any atom is -0.356 e. The second-order valence-corrected chi connectivity index (χ2v) is 6.28. The van der Waals surface area contributed by atoms with Crippen molar-refractivity contribution in [2.45, 2.75) is 26.4 Å². The van der Waals surface area contributed by atoms with Crippen LogP contribution in [0.3, 0.4) is 0 Å². The molecule has 1 aromatic rings. The predicted molar refractivity (Wildman–Crippen MR) is 70.1 cm³/mol. The van der Waals surface area contributed by atoms with Gasteiger partial charge in [-0.15, -0.1) is 0 Å². The van der Waals surface area contributed by atoms with Crippen molar-refractivity contribution in [3.8, 4) is 0 Å². The molecule has 2 heterocycles. The molecule has 0 radical (unpaired) electrons. The van der Waals surface area contributed by atoms with Crippen molar-refractivity contribution in [2.24, 2.45) is 0 Å². The molecule has 100 valence electrons. The molecule has 1 atom stereocenters. The molecule has 5 nitrogen and oxygen atoms in total. The summed E-state index contributed by atoms with van der Waals surface area (Å²) >= 11 is 0. The summed E-state index contributed by atoms with van der Waals surface area (Å²) < 4.78 is 27.2. The number of aromatic nitrogens is 1. The first kappa shape index (κ1) is 13.3. The van der Waals surface area contributed by atoms with Gasteiger partial charge in [-0.05, 0) is 31.9 Å². The second kappa shape index (κ2) is 4.85. The van der Waals surface area contributed by atoms with E-state index in [4.69, 9.17) is 4.18 Å². The summed E-state index contributed by atoms with van der Waals surface area (Å²) in [6.45, 7) is 5.75. The van der Waals surface area contributed by atoms with E-state index in [1.807, 2.05) is 13.0 Å². The highest BCUT2D eigenvalue weighted by atomic mass is 32.2. The molecule has 1 fully saturated rings. The Morgan fingerprint density at radius 1 is 1.44 bits per heavy atom. The van der Waals surface area contributed by atoms with E-state index in [2.05, 4.69) is 9.88 Å². The van der Waals surface area contributed by atoms with Crippen molar-refractivity contribution < 1.29 is 12.6 Å². The lowest BCUT2D eigenvalue weighted by atomic mass is 10.1. The smallest absolute Gasteiger partial charge is 0.264 e. The van der Waals surface area contributed by atoms with Crippen molar-refractivity contribution in [3.05, 3.63) is 23.4 Å². The molecular weight excluding hydrogens is 252 g/mol. The molecule has 1 saturated heterocycles. The lowest BCUT2D eigenvalue weighted by Gasteiger charge is -2.32. The van der Waals surface area contributed by atoms with E-state index in [-0.39, 0.29) is 0 Å². The number of aryl methyl sites for hydroxylation is 1. The van der Waals surface area contributed by atoms with Gasteiger partial charge in [0.2, 0.25) is 0 Å². The van der Waals surface area contributed by atoms with E-state index in [1.165, 1.54) is 6.42 Å². The van der Waals surface area contributed by atoms with Gasteiger partial charge in [0.1, 0.15) is 11.9 Å². The number of hydrogen-bond acceptors (Lipinski definition) is 5. The Morgan fingerprint density at radius 2 is 2.11 bits per heavy atom. The quantitative estimate of drug-likeness (QED) is 0.778. The van der Waals surface area contributed by atoms with Gasteiger partial charge in [-0.25, -0.2) is 4.98 Å². The minimum atomic E-state index is -3.45. The van der Waals surface area contributed by atoms with Crippen LogP contribution in [0.25, 0.3) is 0 Å². The first-order valence-electron chi connectivity index (χ1n) is 5.96. The van der Waals surface area contributed by atoms with Crippen molar-refractivity contribution in [1.29, 1.82) is 0 Å². The highest BCUT2D eigenvalue weighted by Crippen LogP contribution is 2.26. The van der Waals surface area contributed by atoms with Crippen LogP contribution in [0.5, 0.6) is 0 Å². The van der Waals surface area contributed by atoms with E-state index in [0.717, 1.165) is 36.3 Å². The van der Waals surface area contributed by atoms with Crippen molar-refractivity contribution in [3.63, 3.8) is 0 Å². The molecule has 0 N–H and O–H groups in total. The first-order chi connectivity index (χ1) is 8.37. The van der Waals surface area contributed by atoms with Gasteiger partial charge < -0.3 is 4.90 Å². The van der Waals surface area contributed by atoms with Crippen LogP contribution in [0.2, 0.25) is 0 Å². The maximum Gasteiger partial charge on any atom is 0.264 e. The summed E-state index contributed by atoms with van der Waals surface area (Å²) in [5, 5.41) is 0. The Hall–Kier alpha value is -1.14. The Labute approximate surface area is 108 Å². The highest BCUT2D eigenvalue weighted by molar-refractivity contribution is 7.86. The molecule has 0 bridgehead atoms. The number of nitrogens with zero attached hydrogens (tertiary/aromatic N) is 2. The zero-order chi connectivity index (χ0) is 13.3. The second-order valence-electron chi connectivity index (χ2n) is 4.68. The van der Waals surface area contributed by atoms with E-state index < -0.39 is 16.2 Å². The molecule has 18 heavy (non-hydrogen) atoms. The molecule has 0 amide bonds. The Balaban J connectivity index is 2.18. The van der Waals surface area contributed by atoms with Crippen LogP contribution in [-0.2, 0) is 14.3 Å². The van der Waals surface area contributed by atoms with Crippen LogP contribution >= 0.6 is 0 Å². The summed E-state index contributed by atoms with van der Waals surface area (Å²) in [6, 6.07) is 1.98. The maximum absolute atomic E-state index is 11.1. The highest BCUT2D eigenvalue weighted by Gasteiger charge is 2.19. The standard InChI is InChI=1S/C12H18N2O3S/c1-9-7-12(14-5-4-6-14)13-8-11(9)10(2)17-18(3,15)16/h7-8,10H,4-6H2,1-3H3. The minimum absolute atomic E-state index is 0.502. The van der Waals surface area contributed by atoms with Gasteiger partial charge in [0.25, 0.3) is 10.1 Å². The lowest BCUT2D eigenvalue weighted by Crippen LogP contribution is -2.37. The van der Waals surface area contributed by atoms with E-state index in [1.54, 1.807) is 13.1 Å². The average Bonchev–Trinajstić information content (AvgIpc) is 2.11. The molecule has 0 aliphatic carbocycles. The predicted octanol–water partition coefficient (Wildman–Crippen LogP) is 1.64. The third-order valence-electron chi connectivity index (χ3n) is 3.07. The number of anilines is 1. The van der Waals surface area contributed by atoms with Crippen LogP contribution in [0.15, 0.2) is 12.3 Å². The molecule has 6 heteroatoms. The molecule has 0 saturated carbocycles. The van der Waals surface area contributed by atoms with Gasteiger partial charge >= 0.3 is 0 Å². The average molecular weight is 270 g/mol. The van der Waals surface area contributed by atoms with Gasteiger partial charge in [-0.2, -0.15) is 8.42 Å². The van der Waals surface area contributed by atoms with E-state index >= 15 is 0 Å². The van der Waals surface area contributed by atoms with Gasteiger partial charge in [0.15, 0.2) is 0 Å². The third kappa shape index (κ3) is 3.00. The molecule has 1 aliphatic heterocycles. The number of pyridine rings is 1. The van der Waals surface area contributed by atoms with Crippen LogP contribution in [-0.4, -0.2) is 32.7 Å².